The number of ether oxygens (including phenoxy) is 1. The number of nitrogens with one attached hydrogen (secondary N) is 2. The van der Waals surface area contributed by atoms with Gasteiger partial charge in [0.25, 0.3) is 5.91 Å². The molecule has 3 rings (SSSR count). The number of rotatable bonds is 10. The maximum atomic E-state index is 13.7. The average Bonchev–Trinajstić information content (AvgIpc) is 3.19. The predicted molar refractivity (Wildman–Crippen MR) is 120 cm³/mol. The van der Waals surface area contributed by atoms with Crippen LogP contribution in [0, 0.1) is 5.82 Å². The molecule has 2 aromatic carbocycles. The Hall–Kier alpha value is -3.66. The van der Waals surface area contributed by atoms with Crippen molar-refractivity contribution in [3.63, 3.8) is 0 Å². The Balaban J connectivity index is 1.60. The van der Waals surface area contributed by atoms with E-state index in [2.05, 4.69) is 27.4 Å². The lowest BCUT2D eigenvalue weighted by Crippen LogP contribution is -2.24. The molecule has 1 aromatic heterocycles. The molecule has 2 amide bonds. The molecule has 2 N–H and O–H groups in total. The van der Waals surface area contributed by atoms with Crippen molar-refractivity contribution in [2.45, 2.75) is 18.2 Å². The number of anilines is 1. The minimum atomic E-state index is -0.504. The molecule has 0 saturated heterocycles. The van der Waals surface area contributed by atoms with Gasteiger partial charge in [-0.2, -0.15) is 0 Å². The van der Waals surface area contributed by atoms with Crippen LogP contribution in [0.1, 0.15) is 16.2 Å². The second-order valence-corrected chi connectivity index (χ2v) is 7.47. The summed E-state index contributed by atoms with van der Waals surface area (Å²) in [6.45, 7) is 4.28. The number of methoxy groups -OCH3 is 1. The van der Waals surface area contributed by atoms with Crippen LogP contribution < -0.4 is 15.4 Å². The summed E-state index contributed by atoms with van der Waals surface area (Å²) in [5.41, 5.74) is 0.604. The summed E-state index contributed by atoms with van der Waals surface area (Å²) in [4.78, 5) is 24.6. The van der Waals surface area contributed by atoms with Gasteiger partial charge in [0.15, 0.2) is 11.0 Å². The zero-order valence-electron chi connectivity index (χ0n) is 17.4. The van der Waals surface area contributed by atoms with Gasteiger partial charge in [-0.15, -0.1) is 16.8 Å². The SMILES string of the molecule is C=CCn1c(CNC(=O)c2ccc(OC)cc2)nnc1SCC(=O)Nc1ccccc1F. The molecule has 0 spiro atoms. The number of carbonyl (C=O) groups is 2. The lowest BCUT2D eigenvalue weighted by atomic mass is 10.2. The topological polar surface area (TPSA) is 98.1 Å². The maximum Gasteiger partial charge on any atom is 0.251 e. The van der Waals surface area contributed by atoms with Crippen molar-refractivity contribution in [3.8, 4) is 5.75 Å². The predicted octanol–water partition coefficient (Wildman–Crippen LogP) is 3.27. The number of hydrogen-bond donors (Lipinski definition) is 2. The number of halogens is 1. The molecule has 0 aliphatic carbocycles. The number of allylic oxidation sites excluding steroid dienone is 1. The zero-order valence-corrected chi connectivity index (χ0v) is 18.2. The Kier molecular flexibility index (Phi) is 7.98. The Morgan fingerprint density at radius 3 is 2.62 bits per heavy atom. The lowest BCUT2D eigenvalue weighted by Gasteiger charge is -2.09. The first-order chi connectivity index (χ1) is 15.5. The van der Waals surface area contributed by atoms with Gasteiger partial charge < -0.3 is 19.9 Å². The van der Waals surface area contributed by atoms with E-state index in [-0.39, 0.29) is 29.8 Å². The molecule has 0 aliphatic heterocycles. The summed E-state index contributed by atoms with van der Waals surface area (Å²) in [7, 11) is 1.56. The van der Waals surface area contributed by atoms with Crippen LogP contribution in [-0.2, 0) is 17.9 Å². The van der Waals surface area contributed by atoms with Gasteiger partial charge in [-0.25, -0.2) is 4.39 Å². The number of nitrogens with zero attached hydrogens (tertiary/aromatic N) is 3. The normalized spacial score (nSPS) is 10.4. The Morgan fingerprint density at radius 1 is 1.19 bits per heavy atom. The van der Waals surface area contributed by atoms with E-state index in [0.29, 0.717) is 28.8 Å². The quantitative estimate of drug-likeness (QED) is 0.360. The molecule has 0 fully saturated rings. The molecule has 0 bridgehead atoms. The lowest BCUT2D eigenvalue weighted by molar-refractivity contribution is -0.113. The van der Waals surface area contributed by atoms with E-state index in [1.165, 1.54) is 12.1 Å². The summed E-state index contributed by atoms with van der Waals surface area (Å²) < 4.78 is 20.5. The minimum absolute atomic E-state index is 0.0157. The monoisotopic (exact) mass is 455 g/mol. The van der Waals surface area contributed by atoms with Gasteiger partial charge in [0, 0.05) is 12.1 Å². The molecule has 10 heteroatoms. The number of carbonyl (C=O) groups excluding carboxylic acids is 2. The maximum absolute atomic E-state index is 13.7. The van der Waals surface area contributed by atoms with Crippen molar-refractivity contribution in [1.29, 1.82) is 0 Å². The fraction of sp³-hybridized carbons (Fsp3) is 0.182. The second-order valence-electron chi connectivity index (χ2n) is 6.53. The van der Waals surface area contributed by atoms with Gasteiger partial charge in [0.2, 0.25) is 5.91 Å². The van der Waals surface area contributed by atoms with Gasteiger partial charge in [-0.3, -0.25) is 9.59 Å². The van der Waals surface area contributed by atoms with Gasteiger partial charge >= 0.3 is 0 Å². The molecule has 3 aromatic rings. The highest BCUT2D eigenvalue weighted by molar-refractivity contribution is 7.99. The van der Waals surface area contributed by atoms with Crippen LogP contribution in [-0.4, -0.2) is 39.4 Å². The van der Waals surface area contributed by atoms with Crippen LogP contribution in [0.15, 0.2) is 66.3 Å². The first-order valence-corrected chi connectivity index (χ1v) is 10.6. The van der Waals surface area contributed by atoms with Crippen LogP contribution in [0.25, 0.3) is 0 Å². The molecule has 0 saturated carbocycles. The smallest absolute Gasteiger partial charge is 0.251 e. The van der Waals surface area contributed by atoms with Crippen LogP contribution >= 0.6 is 11.8 Å². The van der Waals surface area contributed by atoms with E-state index in [4.69, 9.17) is 4.74 Å². The van der Waals surface area contributed by atoms with Gasteiger partial charge in [0.05, 0.1) is 25.1 Å². The third-order valence-electron chi connectivity index (χ3n) is 4.34. The number of hydrogen-bond acceptors (Lipinski definition) is 6. The average molecular weight is 456 g/mol. The summed E-state index contributed by atoms with van der Waals surface area (Å²) in [6, 6.07) is 12.7. The fourth-order valence-corrected chi connectivity index (χ4v) is 3.52. The van der Waals surface area contributed by atoms with E-state index in [1.807, 2.05) is 0 Å². The number of thioether (sulfide) groups is 1. The van der Waals surface area contributed by atoms with Crippen molar-refractivity contribution in [2.24, 2.45) is 0 Å². The van der Waals surface area contributed by atoms with E-state index in [0.717, 1.165) is 11.8 Å². The Bertz CT molecular complexity index is 1100. The van der Waals surface area contributed by atoms with E-state index in [9.17, 15) is 14.0 Å². The molecule has 166 valence electrons. The summed E-state index contributed by atoms with van der Waals surface area (Å²) in [5, 5.41) is 14.0. The minimum Gasteiger partial charge on any atom is -0.497 e. The molecule has 1 heterocycles. The molecule has 0 unspecified atom stereocenters. The van der Waals surface area contributed by atoms with Crippen LogP contribution in [0.4, 0.5) is 10.1 Å². The van der Waals surface area contributed by atoms with E-state index >= 15 is 0 Å². The first-order valence-electron chi connectivity index (χ1n) is 9.64. The first kappa shape index (κ1) is 23.0. The second kappa shape index (κ2) is 11.1. The van der Waals surface area contributed by atoms with Crippen LogP contribution in [0.5, 0.6) is 5.75 Å². The number of amides is 2. The van der Waals surface area contributed by atoms with Crippen LogP contribution in [0.2, 0.25) is 0 Å². The molecular weight excluding hydrogens is 433 g/mol. The number of aromatic nitrogens is 3. The highest BCUT2D eigenvalue weighted by Gasteiger charge is 2.15. The highest BCUT2D eigenvalue weighted by atomic mass is 32.2. The molecule has 8 nitrogen and oxygen atoms in total. The zero-order chi connectivity index (χ0) is 22.9. The van der Waals surface area contributed by atoms with Gasteiger partial charge in [-0.05, 0) is 36.4 Å². The Morgan fingerprint density at radius 2 is 1.94 bits per heavy atom. The molecular formula is C22H22FN5O3S. The van der Waals surface area contributed by atoms with Gasteiger partial charge in [-0.1, -0.05) is 30.0 Å². The molecule has 32 heavy (non-hydrogen) atoms. The molecule has 0 atom stereocenters. The van der Waals surface area contributed by atoms with Crippen molar-refractivity contribution < 1.29 is 18.7 Å². The summed E-state index contributed by atoms with van der Waals surface area (Å²) in [5.74, 6) is 0.0520. The standard InChI is InChI=1S/C22H22FN5O3S/c1-3-12-28-19(13-24-21(30)15-8-10-16(31-2)11-9-15)26-27-22(28)32-14-20(29)25-18-7-5-4-6-17(18)23/h3-11H,1,12-14H2,2H3,(H,24,30)(H,25,29). The molecule has 0 aliphatic rings. The third-order valence-corrected chi connectivity index (χ3v) is 5.31. The summed E-state index contributed by atoms with van der Waals surface area (Å²) >= 11 is 1.16. The van der Waals surface area contributed by atoms with E-state index in [1.54, 1.807) is 54.2 Å². The van der Waals surface area contributed by atoms with Crippen molar-refractivity contribution >= 4 is 29.3 Å². The fourth-order valence-electron chi connectivity index (χ4n) is 2.75. The van der Waals surface area contributed by atoms with Crippen molar-refractivity contribution in [2.75, 3.05) is 18.2 Å². The van der Waals surface area contributed by atoms with Crippen molar-refractivity contribution in [3.05, 3.63) is 78.4 Å². The molecule has 0 radical (unpaired) electrons. The van der Waals surface area contributed by atoms with E-state index < -0.39 is 5.82 Å². The van der Waals surface area contributed by atoms with Crippen LogP contribution in [0.3, 0.4) is 0 Å². The Labute approximate surface area is 188 Å². The largest absolute Gasteiger partial charge is 0.497 e. The van der Waals surface area contributed by atoms with Crippen molar-refractivity contribution in [1.82, 2.24) is 20.1 Å². The van der Waals surface area contributed by atoms with Gasteiger partial charge in [0.1, 0.15) is 11.6 Å². The summed E-state index contributed by atoms with van der Waals surface area (Å²) in [6.07, 6.45) is 1.67. The highest BCUT2D eigenvalue weighted by Crippen LogP contribution is 2.19. The number of benzene rings is 2. The number of para-hydroxylation sites is 1. The third kappa shape index (κ3) is 5.94.